The average Bonchev–Trinajstić information content (AvgIpc) is 3.49. The van der Waals surface area contributed by atoms with Gasteiger partial charge in [0.05, 0.1) is 24.2 Å². The highest BCUT2D eigenvalue weighted by Gasteiger charge is 2.55. The summed E-state index contributed by atoms with van der Waals surface area (Å²) in [6.07, 6.45) is 3.73. The summed E-state index contributed by atoms with van der Waals surface area (Å²) in [6, 6.07) is 22.6. The Hall–Kier alpha value is -5.18. The predicted molar refractivity (Wildman–Crippen MR) is 143 cm³/mol. The molecule has 0 amide bonds. The van der Waals surface area contributed by atoms with Crippen molar-refractivity contribution in [1.82, 2.24) is 14.9 Å². The van der Waals surface area contributed by atoms with Crippen LogP contribution in [0.5, 0.6) is 11.5 Å². The highest BCUT2D eigenvalue weighted by Crippen LogP contribution is 2.50. The lowest BCUT2D eigenvalue weighted by Crippen LogP contribution is -2.43. The number of H-pyrrole nitrogens is 1. The smallest absolute Gasteiger partial charge is 0.232 e. The summed E-state index contributed by atoms with van der Waals surface area (Å²) in [5.41, 5.74) is 10.8. The van der Waals surface area contributed by atoms with Gasteiger partial charge in [0, 0.05) is 17.3 Å². The van der Waals surface area contributed by atoms with Crippen LogP contribution in [0.1, 0.15) is 16.8 Å². The molecule has 3 aliphatic rings. The fraction of sp³-hybridized carbons (Fsp3) is 0.0714. The number of hydrogen-bond acceptors (Lipinski definition) is 8. The van der Waals surface area contributed by atoms with Gasteiger partial charge in [0.15, 0.2) is 17.3 Å². The Balaban J connectivity index is 1.57. The van der Waals surface area contributed by atoms with E-state index < -0.39 is 5.54 Å². The van der Waals surface area contributed by atoms with Crippen LogP contribution in [0.4, 0.5) is 11.6 Å². The third-order valence-corrected chi connectivity index (χ3v) is 6.80. The van der Waals surface area contributed by atoms with Gasteiger partial charge in [-0.3, -0.25) is 4.90 Å². The van der Waals surface area contributed by atoms with Crippen molar-refractivity contribution in [2.45, 2.75) is 5.54 Å². The van der Waals surface area contributed by atoms with Crippen LogP contribution in [-0.4, -0.2) is 45.1 Å². The molecule has 0 saturated carbocycles. The standard InChI is InChI=1S/C28H21N7O2/c1-37-19-12-8-17(9-13-19)28(24-23(32-26(29)33-24)16-6-10-18(36)11-7-16)25-31-21-5-3-2-4-20(21)22-14-15-30-27(34-28)35(22)25/h2-15,36H,1H3,(H3,29,32,33). The van der Waals surface area contributed by atoms with Gasteiger partial charge in [-0.2, -0.15) is 0 Å². The predicted octanol–water partition coefficient (Wildman–Crippen LogP) is 4.46. The molecule has 4 aromatic rings. The number of nitrogens with two attached hydrogens (primary N) is 1. The van der Waals surface area contributed by atoms with E-state index >= 15 is 0 Å². The molecular formula is C28H21N7O2. The summed E-state index contributed by atoms with van der Waals surface area (Å²) in [5, 5.41) is 9.89. The van der Waals surface area contributed by atoms with Crippen molar-refractivity contribution < 1.29 is 9.84 Å². The van der Waals surface area contributed by atoms with Crippen molar-refractivity contribution in [3.05, 3.63) is 95.7 Å². The number of nitrogens with one attached hydrogen (secondary N) is 1. The minimum Gasteiger partial charge on any atom is -0.508 e. The molecule has 0 bridgehead atoms. The number of phenolic OH excluding ortho intramolecular Hbond substituents is 1. The first-order valence-electron chi connectivity index (χ1n) is 11.7. The Bertz CT molecular complexity index is 1680. The number of imidazole rings is 1. The second kappa shape index (κ2) is 7.66. The lowest BCUT2D eigenvalue weighted by atomic mass is 9.83. The van der Waals surface area contributed by atoms with Crippen LogP contribution in [0.15, 0.2) is 93.8 Å². The summed E-state index contributed by atoms with van der Waals surface area (Å²) in [6.45, 7) is 0. The molecular weight excluding hydrogens is 466 g/mol. The third-order valence-electron chi connectivity index (χ3n) is 6.80. The number of guanidine groups is 1. The molecule has 1 unspecified atom stereocenters. The molecule has 1 atom stereocenters. The molecule has 180 valence electrons. The number of hydrogen-bond donors (Lipinski definition) is 3. The molecule has 4 heterocycles. The summed E-state index contributed by atoms with van der Waals surface area (Å²) in [5.74, 6) is 2.29. The largest absolute Gasteiger partial charge is 0.508 e. The van der Waals surface area contributed by atoms with Crippen LogP contribution >= 0.6 is 0 Å². The van der Waals surface area contributed by atoms with E-state index in [1.54, 1.807) is 25.5 Å². The van der Waals surface area contributed by atoms with Crippen molar-refractivity contribution >= 4 is 35.3 Å². The normalized spacial score (nSPS) is 19.1. The number of aromatic nitrogens is 2. The van der Waals surface area contributed by atoms with Gasteiger partial charge in [0.25, 0.3) is 0 Å². The second-order valence-corrected chi connectivity index (χ2v) is 8.86. The van der Waals surface area contributed by atoms with Crippen molar-refractivity contribution in [3.8, 4) is 22.8 Å². The number of rotatable bonds is 4. The van der Waals surface area contributed by atoms with Gasteiger partial charge < -0.3 is 20.6 Å². The Morgan fingerprint density at radius 3 is 2.57 bits per heavy atom. The number of fused-ring (bicyclic) bond motifs is 2. The zero-order chi connectivity index (χ0) is 25.1. The molecule has 7 rings (SSSR count). The molecule has 3 aliphatic heterocycles. The maximum absolute atomic E-state index is 9.89. The molecule has 3 aromatic carbocycles. The van der Waals surface area contributed by atoms with E-state index in [1.807, 2.05) is 71.6 Å². The van der Waals surface area contributed by atoms with E-state index in [-0.39, 0.29) is 11.7 Å². The van der Waals surface area contributed by atoms with Crippen molar-refractivity contribution in [2.24, 2.45) is 15.0 Å². The minimum absolute atomic E-state index is 0.165. The minimum atomic E-state index is -1.17. The number of methoxy groups -OCH3 is 1. The Morgan fingerprint density at radius 2 is 1.78 bits per heavy atom. The van der Waals surface area contributed by atoms with Gasteiger partial charge in [-0.25, -0.2) is 20.0 Å². The van der Waals surface area contributed by atoms with E-state index in [2.05, 4.69) is 9.98 Å². The number of aromatic hydroxyl groups is 1. The second-order valence-electron chi connectivity index (χ2n) is 8.86. The van der Waals surface area contributed by atoms with Gasteiger partial charge in [0.1, 0.15) is 17.2 Å². The highest BCUT2D eigenvalue weighted by molar-refractivity contribution is 6.24. The van der Waals surface area contributed by atoms with Crippen molar-refractivity contribution in [2.75, 3.05) is 12.8 Å². The monoisotopic (exact) mass is 487 g/mol. The lowest BCUT2D eigenvalue weighted by Gasteiger charge is -2.34. The first kappa shape index (κ1) is 21.1. The SMILES string of the molecule is COc1ccc(C2(c3nc(N)[nH]c3-c3ccc(O)cc3)N=C3N=CC=C4c5ccccc5N=C2N43)cc1. The molecule has 0 spiro atoms. The zero-order valence-corrected chi connectivity index (χ0v) is 19.8. The van der Waals surface area contributed by atoms with Gasteiger partial charge in [-0.1, -0.05) is 30.3 Å². The molecule has 0 aliphatic carbocycles. The molecule has 9 heteroatoms. The van der Waals surface area contributed by atoms with Crippen LogP contribution in [0.2, 0.25) is 0 Å². The maximum atomic E-state index is 9.89. The molecule has 0 saturated heterocycles. The summed E-state index contributed by atoms with van der Waals surface area (Å²) in [4.78, 5) is 25.0. The van der Waals surface area contributed by atoms with Gasteiger partial charge in [-0.05, 0) is 54.1 Å². The summed E-state index contributed by atoms with van der Waals surface area (Å²) >= 11 is 0. The molecule has 0 radical (unpaired) electrons. The fourth-order valence-corrected chi connectivity index (χ4v) is 5.12. The van der Waals surface area contributed by atoms with Crippen molar-refractivity contribution in [3.63, 3.8) is 0 Å². The van der Waals surface area contributed by atoms with E-state index in [1.165, 1.54) is 0 Å². The number of phenols is 1. The van der Waals surface area contributed by atoms with Crippen LogP contribution in [0.3, 0.4) is 0 Å². The number of nitrogen functional groups attached to an aromatic ring is 1. The number of allylic oxidation sites excluding steroid dienone is 1. The van der Waals surface area contributed by atoms with E-state index in [4.69, 9.17) is 25.4 Å². The molecule has 1 aromatic heterocycles. The Morgan fingerprint density at radius 1 is 1.00 bits per heavy atom. The molecule has 4 N–H and O–H groups in total. The first-order valence-corrected chi connectivity index (χ1v) is 11.7. The van der Waals surface area contributed by atoms with Gasteiger partial charge >= 0.3 is 0 Å². The third kappa shape index (κ3) is 2.97. The molecule has 0 fully saturated rings. The first-order chi connectivity index (χ1) is 18.1. The number of benzene rings is 3. The number of para-hydroxylation sites is 1. The van der Waals surface area contributed by atoms with Gasteiger partial charge in [-0.15, -0.1) is 0 Å². The highest BCUT2D eigenvalue weighted by atomic mass is 16.5. The Kier molecular flexibility index (Phi) is 4.37. The number of ether oxygens (including phenoxy) is 1. The number of aliphatic imine (C=N–C) groups is 3. The van der Waals surface area contributed by atoms with E-state index in [0.29, 0.717) is 23.2 Å². The quantitative estimate of drug-likeness (QED) is 0.392. The van der Waals surface area contributed by atoms with Crippen LogP contribution in [0.25, 0.3) is 17.0 Å². The summed E-state index contributed by atoms with van der Waals surface area (Å²) in [7, 11) is 1.63. The number of aromatic amines is 1. The lowest BCUT2D eigenvalue weighted by molar-refractivity contribution is 0.414. The summed E-state index contributed by atoms with van der Waals surface area (Å²) < 4.78 is 5.43. The fourth-order valence-electron chi connectivity index (χ4n) is 5.12. The average molecular weight is 488 g/mol. The zero-order valence-electron chi connectivity index (χ0n) is 19.8. The number of anilines is 1. The van der Waals surface area contributed by atoms with E-state index in [0.717, 1.165) is 33.8 Å². The van der Waals surface area contributed by atoms with Crippen LogP contribution in [0, 0.1) is 0 Å². The van der Waals surface area contributed by atoms with Crippen LogP contribution in [-0.2, 0) is 5.54 Å². The molecule has 37 heavy (non-hydrogen) atoms. The van der Waals surface area contributed by atoms with Crippen LogP contribution < -0.4 is 10.5 Å². The molecule has 9 nitrogen and oxygen atoms in total. The number of amidine groups is 1. The maximum Gasteiger partial charge on any atom is 0.232 e. The van der Waals surface area contributed by atoms with Gasteiger partial charge in [0.2, 0.25) is 5.96 Å². The van der Waals surface area contributed by atoms with E-state index in [9.17, 15) is 5.11 Å². The number of nitrogens with zero attached hydrogens (tertiary/aromatic N) is 5. The van der Waals surface area contributed by atoms with Crippen molar-refractivity contribution in [1.29, 1.82) is 0 Å². The Labute approximate surface area is 212 Å². The topological polar surface area (TPSA) is 124 Å².